The average Bonchev–Trinajstić information content (AvgIpc) is 2.71. The first-order valence-electron chi connectivity index (χ1n) is 11.3. The summed E-state index contributed by atoms with van der Waals surface area (Å²) in [4.78, 5) is 36.0. The van der Waals surface area contributed by atoms with Crippen LogP contribution in [0.25, 0.3) is 0 Å². The zero-order valence-corrected chi connectivity index (χ0v) is 19.7. The predicted molar refractivity (Wildman–Crippen MR) is 123 cm³/mol. The van der Waals surface area contributed by atoms with Crippen LogP contribution in [-0.2, 0) is 9.59 Å². The van der Waals surface area contributed by atoms with Crippen molar-refractivity contribution < 1.29 is 9.59 Å². The van der Waals surface area contributed by atoms with Crippen molar-refractivity contribution in [2.75, 3.05) is 23.7 Å². The number of carbonyl (C=O) groups excluding carboxylic acids is 2. The Morgan fingerprint density at radius 3 is 1.77 bits per heavy atom. The molecule has 0 bridgehead atoms. The number of carbonyl (C=O) groups is 2. The van der Waals surface area contributed by atoms with Crippen LogP contribution in [0.3, 0.4) is 0 Å². The van der Waals surface area contributed by atoms with Crippen molar-refractivity contribution in [1.82, 2.24) is 15.0 Å². The smallest absolute Gasteiger partial charge is 0.228 e. The van der Waals surface area contributed by atoms with Crippen LogP contribution >= 0.6 is 11.6 Å². The van der Waals surface area contributed by atoms with Crippen molar-refractivity contribution in [1.29, 1.82) is 0 Å². The second kappa shape index (κ2) is 15.1. The molecule has 0 aliphatic rings. The molecule has 7 nitrogen and oxygen atoms in total. The molecule has 1 heterocycles. The van der Waals surface area contributed by atoms with Crippen LogP contribution in [0.15, 0.2) is 0 Å². The molecule has 1 unspecified atom stereocenters. The summed E-state index contributed by atoms with van der Waals surface area (Å²) in [6.07, 6.45) is 7.88. The molecule has 0 radical (unpaired) electrons. The van der Waals surface area contributed by atoms with Gasteiger partial charge in [-0.15, -0.1) is 0 Å². The number of hydrogen-bond acceptors (Lipinski definition) is 7. The lowest BCUT2D eigenvalue weighted by molar-refractivity contribution is -0.123. The van der Waals surface area contributed by atoms with Gasteiger partial charge in [-0.1, -0.05) is 40.5 Å². The molecule has 170 valence electrons. The zero-order valence-electron chi connectivity index (χ0n) is 19.0. The molecular weight excluding hydrogens is 402 g/mol. The normalized spacial score (nSPS) is 12.1. The van der Waals surface area contributed by atoms with E-state index in [0.29, 0.717) is 36.3 Å². The van der Waals surface area contributed by atoms with Crippen LogP contribution in [0.4, 0.5) is 11.9 Å². The van der Waals surface area contributed by atoms with E-state index in [9.17, 15) is 9.59 Å². The second-order valence-electron chi connectivity index (χ2n) is 8.12. The molecule has 0 spiro atoms. The molecule has 1 rings (SSSR count). The fourth-order valence-corrected chi connectivity index (χ4v) is 3.03. The van der Waals surface area contributed by atoms with E-state index in [-0.39, 0.29) is 17.1 Å². The molecule has 0 saturated carbocycles. The molecule has 8 heteroatoms. The molecular formula is C22H38ClN5O2. The SMILES string of the molecule is CCC(C)C(=O)CCCCCNc1nc(Cl)nc(NCCCCCC(=O)C(C)C)n1. The Labute approximate surface area is 186 Å². The van der Waals surface area contributed by atoms with E-state index in [0.717, 1.165) is 58.0 Å². The number of unbranched alkanes of at least 4 members (excludes halogenated alkanes) is 4. The van der Waals surface area contributed by atoms with Gasteiger partial charge in [0.25, 0.3) is 0 Å². The van der Waals surface area contributed by atoms with Crippen molar-refractivity contribution in [2.45, 2.75) is 85.5 Å². The summed E-state index contributed by atoms with van der Waals surface area (Å²) in [7, 11) is 0. The summed E-state index contributed by atoms with van der Waals surface area (Å²) >= 11 is 6.00. The van der Waals surface area contributed by atoms with Crippen molar-refractivity contribution in [3.05, 3.63) is 5.28 Å². The van der Waals surface area contributed by atoms with Gasteiger partial charge in [-0.05, 0) is 43.7 Å². The van der Waals surface area contributed by atoms with Gasteiger partial charge in [-0.25, -0.2) is 0 Å². The topological polar surface area (TPSA) is 96.9 Å². The fraction of sp³-hybridized carbons (Fsp3) is 0.773. The highest BCUT2D eigenvalue weighted by atomic mass is 35.5. The van der Waals surface area contributed by atoms with E-state index in [4.69, 9.17) is 11.6 Å². The summed E-state index contributed by atoms with van der Waals surface area (Å²) < 4.78 is 0. The third-order valence-corrected chi connectivity index (χ3v) is 5.35. The zero-order chi connectivity index (χ0) is 22.4. The Kier molecular flexibility index (Phi) is 13.2. The molecule has 30 heavy (non-hydrogen) atoms. The minimum atomic E-state index is 0.119. The van der Waals surface area contributed by atoms with Crippen LogP contribution in [0, 0.1) is 11.8 Å². The average molecular weight is 440 g/mol. The molecule has 0 aliphatic carbocycles. The number of hydrogen-bond donors (Lipinski definition) is 2. The Hall–Kier alpha value is -1.76. The number of rotatable bonds is 17. The quantitative estimate of drug-likeness (QED) is 0.317. The van der Waals surface area contributed by atoms with Gasteiger partial charge in [0.1, 0.15) is 11.6 Å². The largest absolute Gasteiger partial charge is 0.354 e. The van der Waals surface area contributed by atoms with E-state index in [1.807, 2.05) is 27.7 Å². The van der Waals surface area contributed by atoms with Gasteiger partial charge in [-0.3, -0.25) is 9.59 Å². The van der Waals surface area contributed by atoms with Gasteiger partial charge in [0.2, 0.25) is 17.2 Å². The van der Waals surface area contributed by atoms with Gasteiger partial charge in [0.15, 0.2) is 0 Å². The van der Waals surface area contributed by atoms with Gasteiger partial charge in [0.05, 0.1) is 0 Å². The molecule has 0 aliphatic heterocycles. The first-order valence-corrected chi connectivity index (χ1v) is 11.7. The summed E-state index contributed by atoms with van der Waals surface area (Å²) in [5.41, 5.74) is 0. The molecule has 0 aromatic carbocycles. The van der Waals surface area contributed by atoms with Crippen molar-refractivity contribution in [3.63, 3.8) is 0 Å². The summed E-state index contributed by atoms with van der Waals surface area (Å²) in [6, 6.07) is 0. The number of nitrogens with zero attached hydrogens (tertiary/aromatic N) is 3. The number of nitrogens with one attached hydrogen (secondary N) is 2. The standard InChI is InChI=1S/C22H38ClN5O2/c1-5-17(4)19(30)13-9-7-11-15-25-22-27-20(23)26-21(28-22)24-14-10-6-8-12-18(29)16(2)3/h16-17H,5-15H2,1-4H3,(H2,24,25,26,27,28). The first-order chi connectivity index (χ1) is 14.3. The lowest BCUT2D eigenvalue weighted by atomic mass is 9.99. The van der Waals surface area contributed by atoms with E-state index in [1.54, 1.807) is 0 Å². The van der Waals surface area contributed by atoms with Crippen LogP contribution in [-0.4, -0.2) is 39.6 Å². The first kappa shape index (κ1) is 26.3. The van der Waals surface area contributed by atoms with Gasteiger partial charge in [0, 0.05) is 37.8 Å². The monoisotopic (exact) mass is 439 g/mol. The number of ketones is 2. The van der Waals surface area contributed by atoms with Gasteiger partial charge < -0.3 is 10.6 Å². The summed E-state index contributed by atoms with van der Waals surface area (Å²) in [5.74, 6) is 1.88. The minimum absolute atomic E-state index is 0.119. The molecule has 0 saturated heterocycles. The number of Topliss-reactive ketones (excluding diaryl/α,β-unsaturated/α-hetero) is 2. The Morgan fingerprint density at radius 1 is 0.800 bits per heavy atom. The molecule has 0 fully saturated rings. The van der Waals surface area contributed by atoms with E-state index in [1.165, 1.54) is 0 Å². The van der Waals surface area contributed by atoms with Crippen LogP contribution in [0.2, 0.25) is 5.28 Å². The lowest BCUT2D eigenvalue weighted by Crippen LogP contribution is -2.12. The predicted octanol–water partition coefficient (Wildman–Crippen LogP) is 5.31. The fourth-order valence-electron chi connectivity index (χ4n) is 2.87. The van der Waals surface area contributed by atoms with E-state index < -0.39 is 0 Å². The maximum atomic E-state index is 11.8. The maximum absolute atomic E-state index is 11.8. The highest BCUT2D eigenvalue weighted by molar-refractivity contribution is 6.28. The molecule has 0 amide bonds. The maximum Gasteiger partial charge on any atom is 0.228 e. The highest BCUT2D eigenvalue weighted by Gasteiger charge is 2.10. The Balaban J connectivity index is 2.23. The lowest BCUT2D eigenvalue weighted by Gasteiger charge is -2.09. The highest BCUT2D eigenvalue weighted by Crippen LogP contribution is 2.12. The van der Waals surface area contributed by atoms with E-state index in [2.05, 4.69) is 25.6 Å². The summed E-state index contributed by atoms with van der Waals surface area (Å²) in [6.45, 7) is 9.37. The van der Waals surface area contributed by atoms with Crippen LogP contribution in [0.1, 0.15) is 85.5 Å². The molecule has 1 aromatic heterocycles. The van der Waals surface area contributed by atoms with Crippen molar-refractivity contribution in [3.8, 4) is 0 Å². The van der Waals surface area contributed by atoms with Crippen LogP contribution in [0.5, 0.6) is 0 Å². The molecule has 2 N–H and O–H groups in total. The van der Waals surface area contributed by atoms with Gasteiger partial charge >= 0.3 is 0 Å². The number of anilines is 2. The second-order valence-corrected chi connectivity index (χ2v) is 8.46. The Morgan fingerprint density at radius 2 is 1.30 bits per heavy atom. The number of halogens is 1. The molecule has 1 atom stereocenters. The van der Waals surface area contributed by atoms with E-state index >= 15 is 0 Å². The van der Waals surface area contributed by atoms with Gasteiger partial charge in [-0.2, -0.15) is 15.0 Å². The Bertz CT molecular complexity index is 654. The number of aromatic nitrogens is 3. The summed E-state index contributed by atoms with van der Waals surface area (Å²) in [5, 5.41) is 6.49. The molecule has 1 aromatic rings. The minimum Gasteiger partial charge on any atom is -0.354 e. The third kappa shape index (κ3) is 11.4. The third-order valence-electron chi connectivity index (χ3n) is 5.18. The van der Waals surface area contributed by atoms with Crippen molar-refractivity contribution >= 4 is 35.1 Å². The van der Waals surface area contributed by atoms with Crippen molar-refractivity contribution in [2.24, 2.45) is 11.8 Å². The van der Waals surface area contributed by atoms with Crippen LogP contribution < -0.4 is 10.6 Å².